The monoisotopic (exact) mass is 402 g/mol. The first-order chi connectivity index (χ1) is 13.7. The van der Waals surface area contributed by atoms with Crippen molar-refractivity contribution in [1.29, 1.82) is 0 Å². The van der Waals surface area contributed by atoms with Crippen molar-refractivity contribution in [3.05, 3.63) is 53.6 Å². The molecule has 0 aliphatic carbocycles. The van der Waals surface area contributed by atoms with Gasteiger partial charge in [-0.15, -0.1) is 0 Å². The molecule has 2 aromatic rings. The molecule has 154 valence electrons. The molecule has 1 aliphatic rings. The summed E-state index contributed by atoms with van der Waals surface area (Å²) in [4.78, 5) is 28.2. The predicted octanol–water partition coefficient (Wildman–Crippen LogP) is 2.67. The Balaban J connectivity index is 1.56. The standard InChI is InChI=1S/C21H24F2N4O2/c1-13-10-15(5-7-18(13)26(2)3)24-20(28)21(29)25-16-8-9-27(12-16)19-6-4-14(22)11-17(19)23/h4-7,10-11,16H,8-9,12H2,1-3H3,(H,24,28)(H,25,29). The van der Waals surface area contributed by atoms with Crippen molar-refractivity contribution in [1.82, 2.24) is 5.32 Å². The molecule has 2 aromatic carbocycles. The zero-order chi connectivity index (χ0) is 21.1. The number of carbonyl (C=O) groups excluding carboxylic acids is 2. The van der Waals surface area contributed by atoms with Gasteiger partial charge in [0.1, 0.15) is 11.6 Å². The van der Waals surface area contributed by atoms with Crippen LogP contribution in [0.2, 0.25) is 0 Å². The van der Waals surface area contributed by atoms with Crippen LogP contribution in [0.3, 0.4) is 0 Å². The Kier molecular flexibility index (Phi) is 6.00. The first-order valence-corrected chi connectivity index (χ1v) is 9.34. The van der Waals surface area contributed by atoms with Crippen LogP contribution in [0.25, 0.3) is 0 Å². The van der Waals surface area contributed by atoms with Crippen molar-refractivity contribution < 1.29 is 18.4 Å². The number of hydrogen-bond donors (Lipinski definition) is 2. The number of benzene rings is 2. The van der Waals surface area contributed by atoms with Gasteiger partial charge in [-0.05, 0) is 49.2 Å². The highest BCUT2D eigenvalue weighted by Crippen LogP contribution is 2.24. The Labute approximate surface area is 168 Å². The highest BCUT2D eigenvalue weighted by molar-refractivity contribution is 6.39. The van der Waals surface area contributed by atoms with Crippen molar-refractivity contribution in [2.75, 3.05) is 42.3 Å². The zero-order valence-corrected chi connectivity index (χ0v) is 16.6. The molecule has 6 nitrogen and oxygen atoms in total. The van der Waals surface area contributed by atoms with Crippen LogP contribution in [0.5, 0.6) is 0 Å². The average molecular weight is 402 g/mol. The second-order valence-corrected chi connectivity index (χ2v) is 7.35. The lowest BCUT2D eigenvalue weighted by molar-refractivity contribution is -0.136. The van der Waals surface area contributed by atoms with Gasteiger partial charge in [0.2, 0.25) is 0 Å². The molecule has 1 unspecified atom stereocenters. The molecule has 0 aromatic heterocycles. The molecular formula is C21H24F2N4O2. The van der Waals surface area contributed by atoms with Crippen LogP contribution in [-0.4, -0.2) is 45.0 Å². The number of rotatable bonds is 4. The van der Waals surface area contributed by atoms with Crippen LogP contribution in [0.4, 0.5) is 25.8 Å². The van der Waals surface area contributed by atoms with Gasteiger partial charge in [0.25, 0.3) is 0 Å². The quantitative estimate of drug-likeness (QED) is 0.772. The first-order valence-electron chi connectivity index (χ1n) is 9.34. The molecule has 1 aliphatic heterocycles. The molecule has 0 spiro atoms. The third-order valence-electron chi connectivity index (χ3n) is 4.92. The summed E-state index contributed by atoms with van der Waals surface area (Å²) >= 11 is 0. The number of hydrogen-bond acceptors (Lipinski definition) is 4. The van der Waals surface area contributed by atoms with Crippen molar-refractivity contribution in [3.8, 4) is 0 Å². The van der Waals surface area contributed by atoms with Gasteiger partial charge in [-0.1, -0.05) is 0 Å². The Morgan fingerprint density at radius 2 is 1.86 bits per heavy atom. The summed E-state index contributed by atoms with van der Waals surface area (Å²) in [5.41, 5.74) is 2.81. The Bertz CT molecular complexity index is 933. The van der Waals surface area contributed by atoms with Crippen LogP contribution >= 0.6 is 0 Å². The van der Waals surface area contributed by atoms with Crippen LogP contribution in [0.1, 0.15) is 12.0 Å². The van der Waals surface area contributed by atoms with E-state index in [-0.39, 0.29) is 11.7 Å². The fraction of sp³-hybridized carbons (Fsp3) is 0.333. The number of nitrogens with one attached hydrogen (secondary N) is 2. The third kappa shape index (κ3) is 4.82. The van der Waals surface area contributed by atoms with E-state index in [1.165, 1.54) is 12.1 Å². The maximum atomic E-state index is 13.9. The second kappa shape index (κ2) is 8.46. The van der Waals surface area contributed by atoms with Crippen molar-refractivity contribution >= 4 is 28.9 Å². The largest absolute Gasteiger partial charge is 0.377 e. The van der Waals surface area contributed by atoms with Gasteiger partial charge in [0, 0.05) is 50.7 Å². The first kappa shape index (κ1) is 20.6. The average Bonchev–Trinajstić information content (AvgIpc) is 3.09. The van der Waals surface area contributed by atoms with E-state index in [1.807, 2.05) is 32.0 Å². The van der Waals surface area contributed by atoms with Crippen molar-refractivity contribution in [2.24, 2.45) is 0 Å². The minimum atomic E-state index is -0.756. The molecule has 1 atom stereocenters. The molecule has 2 amide bonds. The van der Waals surface area contributed by atoms with Gasteiger partial charge in [0.15, 0.2) is 0 Å². The summed E-state index contributed by atoms with van der Waals surface area (Å²) in [7, 11) is 3.85. The third-order valence-corrected chi connectivity index (χ3v) is 4.92. The summed E-state index contributed by atoms with van der Waals surface area (Å²) in [6.45, 7) is 2.77. The number of halogens is 2. The Morgan fingerprint density at radius 1 is 1.10 bits per heavy atom. The maximum Gasteiger partial charge on any atom is 0.313 e. The van der Waals surface area contributed by atoms with E-state index < -0.39 is 23.4 Å². The summed E-state index contributed by atoms with van der Waals surface area (Å²) < 4.78 is 27.0. The van der Waals surface area contributed by atoms with Gasteiger partial charge in [0.05, 0.1) is 5.69 Å². The van der Waals surface area contributed by atoms with Crippen LogP contribution in [0.15, 0.2) is 36.4 Å². The molecule has 8 heteroatoms. The van der Waals surface area contributed by atoms with Crippen LogP contribution in [0, 0.1) is 18.6 Å². The number of aryl methyl sites for hydroxylation is 1. The Hall–Kier alpha value is -3.16. The minimum absolute atomic E-state index is 0.282. The van der Waals surface area contributed by atoms with Crippen LogP contribution < -0.4 is 20.4 Å². The predicted molar refractivity (Wildman–Crippen MR) is 109 cm³/mol. The lowest BCUT2D eigenvalue weighted by atomic mass is 10.1. The van der Waals surface area contributed by atoms with E-state index in [9.17, 15) is 18.4 Å². The smallest absolute Gasteiger partial charge is 0.313 e. The molecule has 0 radical (unpaired) electrons. The van der Waals surface area contributed by atoms with E-state index in [1.54, 1.807) is 17.0 Å². The molecule has 1 saturated heterocycles. The molecule has 2 N–H and O–H groups in total. The van der Waals surface area contributed by atoms with Gasteiger partial charge in [-0.2, -0.15) is 0 Å². The maximum absolute atomic E-state index is 13.9. The van der Waals surface area contributed by atoms with Crippen molar-refractivity contribution in [3.63, 3.8) is 0 Å². The molecule has 1 heterocycles. The number of amides is 2. The summed E-state index contributed by atoms with van der Waals surface area (Å²) in [5.74, 6) is -2.79. The zero-order valence-electron chi connectivity index (χ0n) is 16.6. The lowest BCUT2D eigenvalue weighted by Crippen LogP contribution is -2.43. The number of carbonyl (C=O) groups is 2. The van der Waals surface area contributed by atoms with E-state index >= 15 is 0 Å². The highest BCUT2D eigenvalue weighted by Gasteiger charge is 2.27. The highest BCUT2D eigenvalue weighted by atomic mass is 19.1. The molecular weight excluding hydrogens is 378 g/mol. The molecule has 0 bridgehead atoms. The van der Waals surface area contributed by atoms with Gasteiger partial charge in [-0.25, -0.2) is 8.78 Å². The number of nitrogens with zero attached hydrogens (tertiary/aromatic N) is 2. The Morgan fingerprint density at radius 3 is 2.52 bits per heavy atom. The van der Waals surface area contributed by atoms with E-state index in [0.717, 1.165) is 17.3 Å². The minimum Gasteiger partial charge on any atom is -0.377 e. The lowest BCUT2D eigenvalue weighted by Gasteiger charge is -2.19. The fourth-order valence-corrected chi connectivity index (χ4v) is 3.51. The SMILES string of the molecule is Cc1cc(NC(=O)C(=O)NC2CCN(c3ccc(F)cc3F)C2)ccc1N(C)C. The topological polar surface area (TPSA) is 64.7 Å². The number of anilines is 3. The van der Waals surface area contributed by atoms with Crippen molar-refractivity contribution in [2.45, 2.75) is 19.4 Å². The van der Waals surface area contributed by atoms with E-state index in [4.69, 9.17) is 0 Å². The molecule has 0 saturated carbocycles. The summed E-state index contributed by atoms with van der Waals surface area (Å²) in [6, 6.07) is 8.52. The van der Waals surface area contributed by atoms with E-state index in [0.29, 0.717) is 25.2 Å². The summed E-state index contributed by atoms with van der Waals surface area (Å²) in [6.07, 6.45) is 0.562. The van der Waals surface area contributed by atoms with Gasteiger partial charge >= 0.3 is 11.8 Å². The normalized spacial score (nSPS) is 15.9. The fourth-order valence-electron chi connectivity index (χ4n) is 3.51. The van der Waals surface area contributed by atoms with Gasteiger partial charge < -0.3 is 20.4 Å². The van der Waals surface area contributed by atoms with E-state index in [2.05, 4.69) is 10.6 Å². The van der Waals surface area contributed by atoms with Crippen LogP contribution in [-0.2, 0) is 9.59 Å². The second-order valence-electron chi connectivity index (χ2n) is 7.35. The molecule has 3 rings (SSSR count). The van der Waals surface area contributed by atoms with Gasteiger partial charge in [-0.3, -0.25) is 9.59 Å². The molecule has 29 heavy (non-hydrogen) atoms. The molecule has 1 fully saturated rings. The summed E-state index contributed by atoms with van der Waals surface area (Å²) in [5, 5.41) is 5.27.